The number of hydrogen-bond donors (Lipinski definition) is 0. The van der Waals surface area contributed by atoms with Gasteiger partial charge >= 0.3 is 6.18 Å². The Morgan fingerprint density at radius 3 is 2.44 bits per heavy atom. The van der Waals surface area contributed by atoms with Crippen molar-refractivity contribution in [2.24, 2.45) is 4.99 Å². The molecular weight excluding hydrogens is 314 g/mol. The summed E-state index contributed by atoms with van der Waals surface area (Å²) in [6.45, 7) is 0. The van der Waals surface area contributed by atoms with Gasteiger partial charge in [-0.3, -0.25) is 0 Å². The number of alkyl halides is 3. The van der Waals surface area contributed by atoms with E-state index in [4.69, 9.17) is 5.26 Å². The maximum absolute atomic E-state index is 12.4. The molecule has 0 amide bonds. The zero-order chi connectivity index (χ0) is 11.5. The summed E-state index contributed by atoms with van der Waals surface area (Å²) in [5.41, 5.74) is -1.74. The first kappa shape index (κ1) is 15.4. The molecule has 0 saturated heterocycles. The van der Waals surface area contributed by atoms with Crippen LogP contribution in [0, 0.1) is 17.4 Å². The van der Waals surface area contributed by atoms with Crippen molar-refractivity contribution in [3.8, 4) is 6.07 Å². The van der Waals surface area contributed by atoms with Crippen LogP contribution in [0.1, 0.15) is 11.1 Å². The first-order valence-corrected chi connectivity index (χ1v) is 4.01. The summed E-state index contributed by atoms with van der Waals surface area (Å²) in [6, 6.07) is 5.63. The Hall–Kier alpha value is -0.596. The van der Waals surface area contributed by atoms with E-state index >= 15 is 0 Å². The second-order valence-corrected chi connectivity index (χ2v) is 2.63. The van der Waals surface area contributed by atoms with Gasteiger partial charge in [0.2, 0.25) is 0 Å². The van der Waals surface area contributed by atoms with Crippen LogP contribution in [-0.2, 0) is 38.9 Å². The molecule has 0 unspecified atom stereocenters. The van der Waals surface area contributed by atoms with E-state index in [1.54, 1.807) is 0 Å². The predicted octanol–water partition coefficient (Wildman–Crippen LogP) is 3.11. The molecule has 0 heterocycles. The number of halogens is 3. The summed E-state index contributed by atoms with van der Waals surface area (Å²) in [5.74, 6) is 0. The third-order valence-electron chi connectivity index (χ3n) is 1.50. The van der Waals surface area contributed by atoms with Crippen LogP contribution in [0.2, 0.25) is 0 Å². The van der Waals surface area contributed by atoms with Gasteiger partial charge in [-0.25, -0.2) is 10.3 Å². The van der Waals surface area contributed by atoms with Gasteiger partial charge < -0.3 is 0 Å². The molecule has 0 aromatic heterocycles. The Kier molecular flexibility index (Phi) is 5.98. The summed E-state index contributed by atoms with van der Waals surface area (Å²) in [5, 5.41) is 10.4. The van der Waals surface area contributed by atoms with Crippen LogP contribution in [0.5, 0.6) is 0 Å². The molecule has 0 aliphatic rings. The molecule has 1 radical (unpaired) electrons. The van der Waals surface area contributed by atoms with E-state index in [1.807, 2.05) is 11.2 Å². The number of thiocarbonyl (C=S) groups is 1. The minimum atomic E-state index is -4.63. The molecule has 0 fully saturated rings. The molecule has 1 rings (SSSR count). The van der Waals surface area contributed by atoms with Crippen molar-refractivity contribution in [2.75, 3.05) is 0 Å². The number of rotatable bonds is 1. The molecule has 0 saturated carbocycles. The Morgan fingerprint density at radius 2 is 2.00 bits per heavy atom. The minimum absolute atomic E-state index is 0. The molecule has 16 heavy (non-hydrogen) atoms. The van der Waals surface area contributed by atoms with Crippen molar-refractivity contribution < 1.29 is 45.9 Å². The van der Waals surface area contributed by atoms with E-state index in [9.17, 15) is 13.2 Å². The van der Waals surface area contributed by atoms with Gasteiger partial charge in [0.1, 0.15) is 0 Å². The summed E-state index contributed by atoms with van der Waals surface area (Å²) in [6.07, 6.45) is -4.63. The Balaban J connectivity index is 0.00000225. The van der Waals surface area contributed by atoms with Crippen molar-refractivity contribution in [1.82, 2.24) is 0 Å². The first-order valence-electron chi connectivity index (χ1n) is 3.60. The smallest absolute Gasteiger partial charge is 0.222 e. The monoisotopic (exact) mass is 316 g/mol. The van der Waals surface area contributed by atoms with E-state index in [1.165, 1.54) is 12.1 Å². The second-order valence-electron chi connectivity index (χ2n) is 2.44. The normalized spacial score (nSPS) is 9.62. The molecule has 0 atom stereocenters. The van der Waals surface area contributed by atoms with Crippen molar-refractivity contribution in [1.29, 1.82) is 5.26 Å². The average molecular weight is 316 g/mol. The summed E-state index contributed by atoms with van der Waals surface area (Å²) in [4.78, 5) is 3.36. The van der Waals surface area contributed by atoms with Gasteiger partial charge in [-0.1, -0.05) is 0 Å². The maximum Gasteiger partial charge on any atom is 0.395 e. The molecule has 1 aromatic rings. The van der Waals surface area contributed by atoms with Crippen molar-refractivity contribution >= 4 is 23.1 Å². The number of nitrogens with zero attached hydrogens (tertiary/aromatic N) is 2. The van der Waals surface area contributed by atoms with Crippen molar-refractivity contribution in [3.05, 3.63) is 29.3 Å². The minimum Gasteiger partial charge on any atom is -0.222 e. The third kappa shape index (κ3) is 3.77. The molecule has 0 bridgehead atoms. The number of aliphatic imine (C=N–C) groups is 1. The Morgan fingerprint density at radius 1 is 1.38 bits per heavy atom. The molecule has 0 aliphatic carbocycles. The molecule has 0 spiro atoms. The van der Waals surface area contributed by atoms with Gasteiger partial charge in [-0.15, -0.1) is 12.1 Å². The second kappa shape index (κ2) is 6.22. The van der Waals surface area contributed by atoms with Gasteiger partial charge in [0.25, 0.3) is 0 Å². The van der Waals surface area contributed by atoms with E-state index < -0.39 is 17.3 Å². The van der Waals surface area contributed by atoms with Crippen LogP contribution < -0.4 is 0 Å². The fraction of sp³-hybridized carbons (Fsp3) is 0.111. The fourth-order valence-electron chi connectivity index (χ4n) is 0.914. The number of isothiocyanates is 1. The maximum atomic E-state index is 12.4. The average Bonchev–Trinajstić information content (AvgIpc) is 2.17. The number of benzene rings is 1. The molecule has 79 valence electrons. The summed E-state index contributed by atoms with van der Waals surface area (Å²) >= 11 is 4.25. The van der Waals surface area contributed by atoms with E-state index in [2.05, 4.69) is 17.2 Å². The van der Waals surface area contributed by atoms with E-state index in [0.717, 1.165) is 6.07 Å². The van der Waals surface area contributed by atoms with Crippen LogP contribution in [0.4, 0.5) is 18.9 Å². The van der Waals surface area contributed by atoms with Crippen LogP contribution in [-0.4, -0.2) is 5.16 Å². The number of hydrogen-bond acceptors (Lipinski definition) is 3. The summed E-state index contributed by atoms with van der Waals surface area (Å²) in [7, 11) is 0. The van der Waals surface area contributed by atoms with E-state index in [-0.39, 0.29) is 38.4 Å². The fourth-order valence-corrected chi connectivity index (χ4v) is 1.01. The Labute approximate surface area is 120 Å². The zero-order valence-electron chi connectivity index (χ0n) is 7.67. The Bertz CT molecular complexity index is 473. The van der Waals surface area contributed by atoms with E-state index in [0.29, 0.717) is 0 Å². The van der Waals surface area contributed by atoms with Crippen LogP contribution >= 0.6 is 12.2 Å². The predicted molar refractivity (Wildman–Crippen MR) is 49.7 cm³/mol. The molecule has 1 aromatic carbocycles. The standard InChI is InChI=1S/C9H2F3N2S.Y/c10-9(11,12)8-3-7(14-5-15)2-1-6(8)4-13;/h1-2H;/q-1;. The topological polar surface area (TPSA) is 36.1 Å². The molecule has 0 N–H and O–H groups in total. The third-order valence-corrected chi connectivity index (χ3v) is 1.59. The zero-order valence-corrected chi connectivity index (χ0v) is 11.3. The van der Waals surface area contributed by atoms with Crippen LogP contribution in [0.3, 0.4) is 0 Å². The summed E-state index contributed by atoms with van der Waals surface area (Å²) < 4.78 is 37.2. The number of nitriles is 1. The van der Waals surface area contributed by atoms with Gasteiger partial charge in [0.15, 0.2) is 0 Å². The van der Waals surface area contributed by atoms with Gasteiger partial charge in [0.05, 0.1) is 5.16 Å². The molecule has 2 nitrogen and oxygen atoms in total. The van der Waals surface area contributed by atoms with Gasteiger partial charge in [-0.2, -0.15) is 19.2 Å². The quantitative estimate of drug-likeness (QED) is 0.453. The SMILES string of the molecule is N#Cc1ccc(N=C=S)[c-]c1C(F)(F)F.[Y]. The largest absolute Gasteiger partial charge is 0.395 e. The van der Waals surface area contributed by atoms with Gasteiger partial charge in [0, 0.05) is 38.8 Å². The van der Waals surface area contributed by atoms with Crippen molar-refractivity contribution in [3.63, 3.8) is 0 Å². The molecule has 0 aliphatic heterocycles. The molecular formula is C9H2F3N2SY-. The van der Waals surface area contributed by atoms with Crippen molar-refractivity contribution in [2.45, 2.75) is 6.18 Å². The molecule has 7 heteroatoms. The van der Waals surface area contributed by atoms with Crippen LogP contribution in [0.25, 0.3) is 0 Å². The van der Waals surface area contributed by atoms with Gasteiger partial charge in [-0.05, 0) is 29.0 Å². The first-order chi connectivity index (χ1) is 6.99. The van der Waals surface area contributed by atoms with Crippen LogP contribution in [0.15, 0.2) is 17.1 Å².